The first kappa shape index (κ1) is 21.9. The van der Waals surface area contributed by atoms with Gasteiger partial charge in [-0.15, -0.1) is 6.42 Å². The van der Waals surface area contributed by atoms with Crippen LogP contribution >= 0.6 is 0 Å². The molecule has 0 aromatic heterocycles. The monoisotopic (exact) mass is 438 g/mol. The maximum atomic E-state index is 14.5. The number of hydrogen-bond acceptors (Lipinski definition) is 2. The lowest BCUT2D eigenvalue weighted by Crippen LogP contribution is -2.31. The number of rotatable bonds is 3. The molecule has 2 nitrogen and oxygen atoms in total. The largest absolute Gasteiger partial charge is 0.351 e. The molecule has 1 aliphatic heterocycles. The number of ether oxygens (including phenoxy) is 2. The van der Waals surface area contributed by atoms with E-state index < -0.39 is 29.6 Å². The van der Waals surface area contributed by atoms with Gasteiger partial charge in [0, 0.05) is 17.4 Å². The molecule has 1 aliphatic rings. The standard InChI is InChI=1S/C26H18F4O2/c1-2-16-14-31-25(32-15-16)10-5-18-12-23(28)21(24(29)13-18)8-4-17-3-7-20-19(11-17)6-9-22(27)26(20)30/h1,3,6-7,9,11-13,16,25H,5,10,14-15H2. The van der Waals surface area contributed by atoms with Crippen molar-refractivity contribution in [3.63, 3.8) is 0 Å². The molecule has 0 saturated carbocycles. The van der Waals surface area contributed by atoms with Gasteiger partial charge in [0.15, 0.2) is 17.9 Å². The van der Waals surface area contributed by atoms with Crippen LogP contribution in [0.4, 0.5) is 17.6 Å². The molecule has 0 aliphatic carbocycles. The highest BCUT2D eigenvalue weighted by Gasteiger charge is 2.21. The Bertz CT molecular complexity index is 1240. The first-order valence-electron chi connectivity index (χ1n) is 10.0. The SMILES string of the molecule is C#CC1COC(CCc2cc(F)c(C#Cc3ccc4c(F)c(F)ccc4c3)c(F)c2)OC1. The minimum absolute atomic E-state index is 0.0817. The molecular weight excluding hydrogens is 420 g/mol. The highest BCUT2D eigenvalue weighted by atomic mass is 19.2. The third-order valence-corrected chi connectivity index (χ3v) is 5.21. The van der Waals surface area contributed by atoms with Crippen LogP contribution < -0.4 is 0 Å². The predicted molar refractivity (Wildman–Crippen MR) is 113 cm³/mol. The fourth-order valence-corrected chi connectivity index (χ4v) is 3.46. The van der Waals surface area contributed by atoms with E-state index in [4.69, 9.17) is 15.9 Å². The van der Waals surface area contributed by atoms with Crippen molar-refractivity contribution in [1.29, 1.82) is 0 Å². The van der Waals surface area contributed by atoms with Gasteiger partial charge in [-0.1, -0.05) is 29.9 Å². The van der Waals surface area contributed by atoms with Gasteiger partial charge in [0.05, 0.1) is 24.7 Å². The van der Waals surface area contributed by atoms with E-state index in [2.05, 4.69) is 17.8 Å². The second-order valence-corrected chi connectivity index (χ2v) is 7.48. The van der Waals surface area contributed by atoms with Crippen LogP contribution in [0.2, 0.25) is 0 Å². The Morgan fingerprint density at radius 1 is 0.875 bits per heavy atom. The summed E-state index contributed by atoms with van der Waals surface area (Å²) >= 11 is 0. The Morgan fingerprint density at radius 2 is 1.59 bits per heavy atom. The highest BCUT2D eigenvalue weighted by Crippen LogP contribution is 2.22. The summed E-state index contributed by atoms with van der Waals surface area (Å²) in [6.45, 7) is 0.795. The number of benzene rings is 3. The minimum Gasteiger partial charge on any atom is -0.351 e. The van der Waals surface area contributed by atoms with E-state index in [1.54, 1.807) is 0 Å². The van der Waals surface area contributed by atoms with Gasteiger partial charge in [0.2, 0.25) is 0 Å². The van der Waals surface area contributed by atoms with Gasteiger partial charge in [-0.05, 0) is 47.7 Å². The number of fused-ring (bicyclic) bond motifs is 1. The first-order valence-corrected chi connectivity index (χ1v) is 10.0. The molecule has 0 radical (unpaired) electrons. The fourth-order valence-electron chi connectivity index (χ4n) is 3.46. The van der Waals surface area contributed by atoms with E-state index in [-0.39, 0.29) is 16.9 Å². The van der Waals surface area contributed by atoms with Gasteiger partial charge in [-0.25, -0.2) is 17.6 Å². The maximum absolute atomic E-state index is 14.5. The molecule has 3 aromatic carbocycles. The summed E-state index contributed by atoms with van der Waals surface area (Å²) in [6, 6.07) is 9.29. The number of hydrogen-bond donors (Lipinski definition) is 0. The molecule has 0 amide bonds. The van der Waals surface area contributed by atoms with Crippen LogP contribution in [-0.2, 0) is 15.9 Å². The van der Waals surface area contributed by atoms with Gasteiger partial charge in [0.25, 0.3) is 0 Å². The molecule has 1 saturated heterocycles. The average molecular weight is 438 g/mol. The molecule has 3 aromatic rings. The van der Waals surface area contributed by atoms with E-state index >= 15 is 0 Å². The summed E-state index contributed by atoms with van der Waals surface area (Å²) in [5.74, 6) is 4.20. The Kier molecular flexibility index (Phi) is 6.46. The molecule has 4 rings (SSSR count). The van der Waals surface area contributed by atoms with Crippen molar-refractivity contribution in [3.8, 4) is 24.2 Å². The lowest BCUT2D eigenvalue weighted by atomic mass is 10.0. The molecule has 1 heterocycles. The summed E-state index contributed by atoms with van der Waals surface area (Å²) in [5.41, 5.74) is 0.518. The Balaban J connectivity index is 1.48. The molecule has 0 spiro atoms. The molecule has 6 heteroatoms. The second-order valence-electron chi connectivity index (χ2n) is 7.48. The molecule has 32 heavy (non-hydrogen) atoms. The number of terminal acetylenes is 1. The number of halogens is 4. The Morgan fingerprint density at radius 3 is 2.28 bits per heavy atom. The topological polar surface area (TPSA) is 18.5 Å². The van der Waals surface area contributed by atoms with Gasteiger partial charge in [0.1, 0.15) is 11.6 Å². The molecule has 162 valence electrons. The van der Waals surface area contributed by atoms with E-state index in [9.17, 15) is 17.6 Å². The van der Waals surface area contributed by atoms with Crippen molar-refractivity contribution in [1.82, 2.24) is 0 Å². The third kappa shape index (κ3) is 4.78. The van der Waals surface area contributed by atoms with E-state index in [0.29, 0.717) is 42.6 Å². The van der Waals surface area contributed by atoms with Gasteiger partial charge in [-0.3, -0.25) is 0 Å². The zero-order chi connectivity index (χ0) is 22.7. The van der Waals surface area contributed by atoms with Crippen LogP contribution in [0.5, 0.6) is 0 Å². The van der Waals surface area contributed by atoms with Crippen molar-refractivity contribution < 1.29 is 27.0 Å². The van der Waals surface area contributed by atoms with Crippen molar-refractivity contribution in [2.45, 2.75) is 19.1 Å². The second kappa shape index (κ2) is 9.44. The summed E-state index contributed by atoms with van der Waals surface area (Å²) in [7, 11) is 0. The van der Waals surface area contributed by atoms with Crippen LogP contribution in [0.15, 0.2) is 42.5 Å². The van der Waals surface area contributed by atoms with E-state index in [1.807, 2.05) is 0 Å². The highest BCUT2D eigenvalue weighted by molar-refractivity contribution is 5.84. The van der Waals surface area contributed by atoms with E-state index in [1.165, 1.54) is 36.4 Å². The molecule has 0 bridgehead atoms. The maximum Gasteiger partial charge on any atom is 0.166 e. The first-order chi connectivity index (χ1) is 15.4. The lowest BCUT2D eigenvalue weighted by Gasteiger charge is -2.26. The van der Waals surface area contributed by atoms with Crippen molar-refractivity contribution >= 4 is 10.8 Å². The summed E-state index contributed by atoms with van der Waals surface area (Å²) in [4.78, 5) is 0. The zero-order valence-corrected chi connectivity index (χ0v) is 16.9. The quantitative estimate of drug-likeness (QED) is 0.405. The summed E-state index contributed by atoms with van der Waals surface area (Å²) < 4.78 is 67.1. The summed E-state index contributed by atoms with van der Waals surface area (Å²) in [6.07, 6.45) is 5.66. The lowest BCUT2D eigenvalue weighted by molar-refractivity contribution is -0.193. The van der Waals surface area contributed by atoms with Crippen LogP contribution in [0.25, 0.3) is 10.8 Å². The number of aryl methyl sites for hydroxylation is 1. The smallest absolute Gasteiger partial charge is 0.166 e. The van der Waals surface area contributed by atoms with Crippen molar-refractivity contribution in [2.75, 3.05) is 13.2 Å². The zero-order valence-electron chi connectivity index (χ0n) is 16.9. The van der Waals surface area contributed by atoms with Crippen LogP contribution in [-0.4, -0.2) is 19.5 Å². The molecule has 0 unspecified atom stereocenters. The molecular formula is C26H18F4O2. The van der Waals surface area contributed by atoms with Crippen LogP contribution in [0, 0.1) is 53.4 Å². The molecule has 0 N–H and O–H groups in total. The fraction of sp³-hybridized carbons (Fsp3) is 0.231. The van der Waals surface area contributed by atoms with Crippen molar-refractivity contribution in [2.24, 2.45) is 5.92 Å². The average Bonchev–Trinajstić information content (AvgIpc) is 2.80. The molecule has 1 fully saturated rings. The van der Waals surface area contributed by atoms with Crippen molar-refractivity contribution in [3.05, 3.63) is 82.4 Å². The summed E-state index contributed by atoms with van der Waals surface area (Å²) in [5, 5.41) is 0.547. The normalized spacial score (nSPS) is 18.1. The predicted octanol–water partition coefficient (Wildman–Crippen LogP) is 5.35. The molecule has 0 atom stereocenters. The van der Waals surface area contributed by atoms with Gasteiger partial charge in [-0.2, -0.15) is 0 Å². The van der Waals surface area contributed by atoms with E-state index in [0.717, 1.165) is 6.07 Å². The van der Waals surface area contributed by atoms with Crippen LogP contribution in [0.3, 0.4) is 0 Å². The Hall–Kier alpha value is -3.32. The van der Waals surface area contributed by atoms with Crippen LogP contribution in [0.1, 0.15) is 23.1 Å². The third-order valence-electron chi connectivity index (χ3n) is 5.21. The van der Waals surface area contributed by atoms with Gasteiger partial charge >= 0.3 is 0 Å². The minimum atomic E-state index is -0.949. The van der Waals surface area contributed by atoms with Gasteiger partial charge < -0.3 is 9.47 Å². The Labute approximate surface area is 183 Å².